The molecule has 2 N–H and O–H groups in total. The van der Waals surface area contributed by atoms with Crippen LogP contribution in [0, 0.1) is 6.92 Å². The maximum Gasteiger partial charge on any atom is 0.240 e. The van der Waals surface area contributed by atoms with Crippen molar-refractivity contribution in [2.24, 2.45) is 0 Å². The van der Waals surface area contributed by atoms with Gasteiger partial charge in [0.1, 0.15) is 0 Å². The summed E-state index contributed by atoms with van der Waals surface area (Å²) >= 11 is 0. The molecule has 0 aliphatic carbocycles. The van der Waals surface area contributed by atoms with Gasteiger partial charge in [-0.15, -0.1) is 0 Å². The number of nitrogens with one attached hydrogen (secondary N) is 2. The van der Waals surface area contributed by atoms with Crippen LogP contribution in [0.25, 0.3) is 0 Å². The first kappa shape index (κ1) is 14.8. The molecule has 6 heteroatoms. The van der Waals surface area contributed by atoms with E-state index in [0.717, 1.165) is 24.2 Å². The summed E-state index contributed by atoms with van der Waals surface area (Å²) in [5.74, 6) is 0. The molecule has 21 heavy (non-hydrogen) atoms. The molecule has 0 aromatic heterocycles. The summed E-state index contributed by atoms with van der Waals surface area (Å²) in [5.41, 5.74) is 2.02. The lowest BCUT2D eigenvalue weighted by Crippen LogP contribution is -2.34. The maximum atomic E-state index is 11.9. The number of benzene rings is 1. The van der Waals surface area contributed by atoms with Crippen LogP contribution >= 0.6 is 0 Å². The third-order valence-corrected chi connectivity index (χ3v) is 6.15. The van der Waals surface area contributed by atoms with Gasteiger partial charge in [0.05, 0.1) is 4.90 Å². The number of fused-ring (bicyclic) bond motifs is 1. The third-order valence-electron chi connectivity index (χ3n) is 4.73. The average molecular weight is 309 g/mol. The Bertz CT molecular complexity index is 630. The van der Waals surface area contributed by atoms with Gasteiger partial charge in [0.2, 0.25) is 10.0 Å². The first-order chi connectivity index (χ1) is 10.0. The quantitative estimate of drug-likeness (QED) is 0.886. The van der Waals surface area contributed by atoms with E-state index in [1.165, 1.54) is 26.4 Å². The normalized spacial score (nSPS) is 26.0. The molecule has 3 rings (SSSR count). The summed E-state index contributed by atoms with van der Waals surface area (Å²) in [6.45, 7) is 4.37. The minimum atomic E-state index is -3.39. The molecule has 2 unspecified atom stereocenters. The Morgan fingerprint density at radius 2 is 2.05 bits per heavy atom. The second kappa shape index (κ2) is 5.59. The Kier molecular flexibility index (Phi) is 3.94. The Morgan fingerprint density at radius 3 is 2.81 bits per heavy atom. The summed E-state index contributed by atoms with van der Waals surface area (Å²) < 4.78 is 26.2. The Hall–Kier alpha value is -1.11. The lowest BCUT2D eigenvalue weighted by atomic mass is 10.1. The van der Waals surface area contributed by atoms with Gasteiger partial charge in [-0.25, -0.2) is 13.1 Å². The highest BCUT2D eigenvalue weighted by Gasteiger charge is 2.37. The standard InChI is InChI=1S/C15H23N3O2S/c1-11-5-6-12(21(19,20)16-2)10-14(11)17-13-7-9-18-8-3-4-15(13)18/h5-6,10,13,15-17H,3-4,7-9H2,1-2H3. The van der Waals surface area contributed by atoms with Crippen molar-refractivity contribution < 1.29 is 8.42 Å². The molecule has 2 heterocycles. The molecular weight excluding hydrogens is 286 g/mol. The highest BCUT2D eigenvalue weighted by Crippen LogP contribution is 2.31. The first-order valence-corrected chi connectivity index (χ1v) is 9.04. The molecule has 0 radical (unpaired) electrons. The molecule has 116 valence electrons. The molecular formula is C15H23N3O2S. The van der Waals surface area contributed by atoms with Crippen LogP contribution in [0.4, 0.5) is 5.69 Å². The summed E-state index contributed by atoms with van der Waals surface area (Å²) in [6.07, 6.45) is 3.65. The zero-order valence-corrected chi connectivity index (χ0v) is 13.4. The number of anilines is 1. The number of nitrogens with zero attached hydrogens (tertiary/aromatic N) is 1. The average Bonchev–Trinajstić information content (AvgIpc) is 3.06. The van der Waals surface area contributed by atoms with Crippen molar-refractivity contribution in [1.82, 2.24) is 9.62 Å². The number of hydrogen-bond donors (Lipinski definition) is 2. The molecule has 0 bridgehead atoms. The number of aryl methyl sites for hydroxylation is 1. The summed E-state index contributed by atoms with van der Waals surface area (Å²) in [6, 6.07) is 6.31. The zero-order valence-electron chi connectivity index (χ0n) is 12.6. The fraction of sp³-hybridized carbons (Fsp3) is 0.600. The maximum absolute atomic E-state index is 11.9. The van der Waals surface area contributed by atoms with Crippen LogP contribution in [0.15, 0.2) is 23.1 Å². The van der Waals surface area contributed by atoms with Crippen LogP contribution in [0.1, 0.15) is 24.8 Å². The molecule has 0 spiro atoms. The highest BCUT2D eigenvalue weighted by atomic mass is 32.2. The molecule has 0 amide bonds. The van der Waals surface area contributed by atoms with Crippen LogP contribution in [0.2, 0.25) is 0 Å². The largest absolute Gasteiger partial charge is 0.380 e. The van der Waals surface area contributed by atoms with Crippen molar-refractivity contribution in [2.45, 2.75) is 43.2 Å². The second-order valence-electron chi connectivity index (χ2n) is 5.97. The van der Waals surface area contributed by atoms with Gasteiger partial charge in [0.15, 0.2) is 0 Å². The SMILES string of the molecule is CNS(=O)(=O)c1ccc(C)c(NC2CCN3CCCC23)c1. The predicted molar refractivity (Wildman–Crippen MR) is 84.0 cm³/mol. The van der Waals surface area contributed by atoms with E-state index >= 15 is 0 Å². The predicted octanol–water partition coefficient (Wildman–Crippen LogP) is 1.55. The van der Waals surface area contributed by atoms with Crippen molar-refractivity contribution in [3.05, 3.63) is 23.8 Å². The van der Waals surface area contributed by atoms with E-state index in [2.05, 4.69) is 14.9 Å². The number of rotatable bonds is 4. The summed E-state index contributed by atoms with van der Waals surface area (Å²) in [4.78, 5) is 2.86. The van der Waals surface area contributed by atoms with E-state index in [9.17, 15) is 8.42 Å². The third kappa shape index (κ3) is 2.80. The van der Waals surface area contributed by atoms with E-state index in [-0.39, 0.29) is 0 Å². The molecule has 2 atom stereocenters. The van der Waals surface area contributed by atoms with Gasteiger partial charge in [-0.3, -0.25) is 4.90 Å². The highest BCUT2D eigenvalue weighted by molar-refractivity contribution is 7.89. The molecule has 1 aromatic carbocycles. The van der Waals surface area contributed by atoms with Gasteiger partial charge < -0.3 is 5.32 Å². The fourth-order valence-corrected chi connectivity index (χ4v) is 4.25. The summed E-state index contributed by atoms with van der Waals surface area (Å²) in [7, 11) is -1.95. The van der Waals surface area contributed by atoms with Crippen molar-refractivity contribution >= 4 is 15.7 Å². The minimum Gasteiger partial charge on any atom is -0.380 e. The van der Waals surface area contributed by atoms with E-state index in [1.54, 1.807) is 12.1 Å². The minimum absolute atomic E-state index is 0.319. The van der Waals surface area contributed by atoms with E-state index < -0.39 is 10.0 Å². The lowest BCUT2D eigenvalue weighted by Gasteiger charge is -2.23. The lowest BCUT2D eigenvalue weighted by molar-refractivity contribution is 0.318. The zero-order chi connectivity index (χ0) is 15.0. The van der Waals surface area contributed by atoms with E-state index in [4.69, 9.17) is 0 Å². The van der Waals surface area contributed by atoms with Crippen LogP contribution in [0.5, 0.6) is 0 Å². The van der Waals surface area contributed by atoms with Gasteiger partial charge in [0.25, 0.3) is 0 Å². The van der Waals surface area contributed by atoms with Crippen LogP contribution in [-0.2, 0) is 10.0 Å². The van der Waals surface area contributed by atoms with Crippen molar-refractivity contribution in [3.63, 3.8) is 0 Å². The molecule has 2 saturated heterocycles. The molecule has 2 aliphatic rings. The van der Waals surface area contributed by atoms with Gasteiger partial charge in [0, 0.05) is 24.3 Å². The van der Waals surface area contributed by atoms with Crippen LogP contribution in [0.3, 0.4) is 0 Å². The fourth-order valence-electron chi connectivity index (χ4n) is 3.49. The van der Waals surface area contributed by atoms with Crippen LogP contribution < -0.4 is 10.0 Å². The molecule has 5 nitrogen and oxygen atoms in total. The van der Waals surface area contributed by atoms with Crippen molar-refractivity contribution in [2.75, 3.05) is 25.5 Å². The summed E-state index contributed by atoms with van der Waals surface area (Å²) in [5, 5.41) is 3.58. The Labute approximate surface area is 126 Å². The van der Waals surface area contributed by atoms with Crippen molar-refractivity contribution in [1.29, 1.82) is 0 Å². The second-order valence-corrected chi connectivity index (χ2v) is 7.86. The van der Waals surface area contributed by atoms with Gasteiger partial charge in [-0.1, -0.05) is 6.07 Å². The van der Waals surface area contributed by atoms with E-state index in [0.29, 0.717) is 17.0 Å². The van der Waals surface area contributed by atoms with Crippen molar-refractivity contribution in [3.8, 4) is 0 Å². The van der Waals surface area contributed by atoms with Gasteiger partial charge in [-0.2, -0.15) is 0 Å². The number of hydrogen-bond acceptors (Lipinski definition) is 4. The Morgan fingerprint density at radius 1 is 1.24 bits per heavy atom. The van der Waals surface area contributed by atoms with Gasteiger partial charge >= 0.3 is 0 Å². The van der Waals surface area contributed by atoms with Gasteiger partial charge in [-0.05, 0) is 57.5 Å². The molecule has 2 aliphatic heterocycles. The Balaban J connectivity index is 1.83. The monoisotopic (exact) mass is 309 g/mol. The molecule has 0 saturated carbocycles. The molecule has 2 fully saturated rings. The van der Waals surface area contributed by atoms with Crippen LogP contribution in [-0.4, -0.2) is 45.5 Å². The number of sulfonamides is 1. The first-order valence-electron chi connectivity index (χ1n) is 7.56. The smallest absolute Gasteiger partial charge is 0.240 e. The molecule has 1 aromatic rings. The topological polar surface area (TPSA) is 61.4 Å². The van der Waals surface area contributed by atoms with E-state index in [1.807, 2.05) is 13.0 Å².